The van der Waals surface area contributed by atoms with Crippen LogP contribution >= 0.6 is 0 Å². The van der Waals surface area contributed by atoms with Crippen LogP contribution in [0.3, 0.4) is 0 Å². The zero-order valence-corrected chi connectivity index (χ0v) is 16.1. The number of piperidine rings is 1. The van der Waals surface area contributed by atoms with Gasteiger partial charge in [0.05, 0.1) is 26.3 Å². The lowest BCUT2D eigenvalue weighted by Crippen LogP contribution is -2.31. The van der Waals surface area contributed by atoms with Gasteiger partial charge in [0.25, 0.3) is 5.91 Å². The summed E-state index contributed by atoms with van der Waals surface area (Å²) in [6, 6.07) is 7.22. The third kappa shape index (κ3) is 4.48. The summed E-state index contributed by atoms with van der Waals surface area (Å²) in [6.45, 7) is 4.24. The molecule has 1 aromatic carbocycles. The topological polar surface area (TPSA) is 76.6 Å². The minimum Gasteiger partial charge on any atom is -0.493 e. The molecule has 0 radical (unpaired) electrons. The predicted octanol–water partition coefficient (Wildman–Crippen LogP) is 2.72. The Bertz CT molecular complexity index is 804. The van der Waals surface area contributed by atoms with Crippen molar-refractivity contribution in [3.8, 4) is 11.5 Å². The normalized spacial score (nSPS) is 14.0. The van der Waals surface area contributed by atoms with Crippen LogP contribution in [0.5, 0.6) is 11.5 Å². The van der Waals surface area contributed by atoms with E-state index >= 15 is 0 Å². The molecule has 1 aromatic heterocycles. The van der Waals surface area contributed by atoms with E-state index in [1.165, 1.54) is 26.4 Å². The Kier molecular flexibility index (Phi) is 6.11. The number of carbonyl (C=O) groups is 1. The number of carbonyl (C=O) groups excluding carboxylic acids is 1. The van der Waals surface area contributed by atoms with Gasteiger partial charge in [-0.3, -0.25) is 4.79 Å². The molecule has 1 aliphatic heterocycles. The van der Waals surface area contributed by atoms with E-state index in [1.54, 1.807) is 25.3 Å². The van der Waals surface area contributed by atoms with Crippen LogP contribution in [0.15, 0.2) is 24.3 Å². The number of para-hydroxylation sites is 1. The van der Waals surface area contributed by atoms with Gasteiger partial charge in [-0.1, -0.05) is 6.07 Å². The summed E-state index contributed by atoms with van der Waals surface area (Å²) in [4.78, 5) is 24.0. The van der Waals surface area contributed by atoms with Crippen molar-refractivity contribution in [2.24, 2.45) is 0 Å². The van der Waals surface area contributed by atoms with Crippen molar-refractivity contribution in [1.82, 2.24) is 15.3 Å². The van der Waals surface area contributed by atoms with Crippen LogP contribution in [0.1, 0.15) is 41.1 Å². The number of nitrogens with one attached hydrogen (secondary N) is 1. The second kappa shape index (κ2) is 8.70. The average Bonchev–Trinajstić information content (AvgIpc) is 2.71. The second-order valence-electron chi connectivity index (χ2n) is 6.56. The maximum Gasteiger partial charge on any atom is 0.255 e. The minimum atomic E-state index is -0.254. The molecule has 0 atom stereocenters. The summed E-state index contributed by atoms with van der Waals surface area (Å²) >= 11 is 0. The fourth-order valence-electron chi connectivity index (χ4n) is 3.30. The van der Waals surface area contributed by atoms with Gasteiger partial charge >= 0.3 is 0 Å². The molecule has 27 heavy (non-hydrogen) atoms. The van der Waals surface area contributed by atoms with Gasteiger partial charge in [0.2, 0.25) is 0 Å². The maximum atomic E-state index is 12.6. The molecule has 0 aliphatic carbocycles. The van der Waals surface area contributed by atoms with Gasteiger partial charge in [0.1, 0.15) is 11.6 Å². The minimum absolute atomic E-state index is 0.252. The Morgan fingerprint density at radius 2 is 1.93 bits per heavy atom. The smallest absolute Gasteiger partial charge is 0.255 e. The quantitative estimate of drug-likeness (QED) is 0.843. The number of aromatic nitrogens is 2. The molecule has 7 nitrogen and oxygen atoms in total. The summed E-state index contributed by atoms with van der Waals surface area (Å²) in [5.74, 6) is 2.22. The Hall–Kier alpha value is -2.83. The molecule has 0 unspecified atom stereocenters. The van der Waals surface area contributed by atoms with E-state index in [4.69, 9.17) is 9.47 Å². The fraction of sp³-hybridized carbons (Fsp3) is 0.450. The third-order valence-electron chi connectivity index (χ3n) is 4.62. The van der Waals surface area contributed by atoms with Gasteiger partial charge in [0, 0.05) is 24.8 Å². The van der Waals surface area contributed by atoms with Gasteiger partial charge in [-0.25, -0.2) is 9.97 Å². The first-order chi connectivity index (χ1) is 13.1. The highest BCUT2D eigenvalue weighted by Gasteiger charge is 2.17. The lowest BCUT2D eigenvalue weighted by atomic mass is 10.1. The van der Waals surface area contributed by atoms with Gasteiger partial charge < -0.3 is 19.7 Å². The van der Waals surface area contributed by atoms with Crippen LogP contribution in [0, 0.1) is 6.92 Å². The number of ether oxygens (including phenoxy) is 2. The monoisotopic (exact) mass is 370 g/mol. The largest absolute Gasteiger partial charge is 0.493 e. The van der Waals surface area contributed by atoms with E-state index in [0.717, 1.165) is 24.6 Å². The second-order valence-corrected chi connectivity index (χ2v) is 6.56. The molecule has 1 fully saturated rings. The van der Waals surface area contributed by atoms with Crippen LogP contribution in [0.25, 0.3) is 0 Å². The number of methoxy groups -OCH3 is 2. The van der Waals surface area contributed by atoms with Gasteiger partial charge in [-0.05, 0) is 38.3 Å². The Balaban J connectivity index is 1.73. The zero-order chi connectivity index (χ0) is 19.2. The van der Waals surface area contributed by atoms with Gasteiger partial charge in [-0.15, -0.1) is 0 Å². The Labute approximate surface area is 159 Å². The van der Waals surface area contributed by atoms with Crippen molar-refractivity contribution in [2.45, 2.75) is 32.7 Å². The molecule has 144 valence electrons. The molecule has 7 heteroatoms. The van der Waals surface area contributed by atoms with E-state index in [1.807, 2.05) is 13.0 Å². The number of benzene rings is 1. The molecule has 3 rings (SSSR count). The van der Waals surface area contributed by atoms with Crippen LogP contribution in [-0.4, -0.2) is 43.2 Å². The van der Waals surface area contributed by atoms with Gasteiger partial charge in [0.15, 0.2) is 11.5 Å². The molecule has 1 saturated heterocycles. The maximum absolute atomic E-state index is 12.6. The van der Waals surface area contributed by atoms with Crippen LogP contribution in [-0.2, 0) is 6.54 Å². The Morgan fingerprint density at radius 3 is 2.63 bits per heavy atom. The molecule has 1 N–H and O–H groups in total. The standard InChI is InChI=1S/C20H26N4O3/c1-14-12-18(24-10-5-4-6-11-24)23-17(22-14)13-21-20(25)15-8-7-9-16(26-2)19(15)27-3/h7-9,12H,4-6,10-11,13H2,1-3H3,(H,21,25). The summed E-state index contributed by atoms with van der Waals surface area (Å²) in [5, 5.41) is 2.88. The first-order valence-corrected chi connectivity index (χ1v) is 9.21. The highest BCUT2D eigenvalue weighted by Crippen LogP contribution is 2.30. The highest BCUT2D eigenvalue weighted by atomic mass is 16.5. The van der Waals surface area contributed by atoms with Crippen LogP contribution in [0.4, 0.5) is 5.82 Å². The summed E-state index contributed by atoms with van der Waals surface area (Å²) < 4.78 is 10.6. The summed E-state index contributed by atoms with van der Waals surface area (Å²) in [7, 11) is 3.06. The number of hydrogen-bond donors (Lipinski definition) is 1. The summed E-state index contributed by atoms with van der Waals surface area (Å²) in [6.07, 6.45) is 3.64. The van der Waals surface area contributed by atoms with E-state index < -0.39 is 0 Å². The first kappa shape index (κ1) is 18.9. The lowest BCUT2D eigenvalue weighted by Gasteiger charge is -2.28. The van der Waals surface area contributed by atoms with Gasteiger partial charge in [-0.2, -0.15) is 0 Å². The molecule has 0 bridgehead atoms. The number of nitrogens with zero attached hydrogens (tertiary/aromatic N) is 3. The summed E-state index contributed by atoms with van der Waals surface area (Å²) in [5.41, 5.74) is 1.31. The molecule has 2 aromatic rings. The molecule has 1 aliphatic rings. The number of amides is 1. The number of rotatable bonds is 6. The molecular weight excluding hydrogens is 344 g/mol. The van der Waals surface area contributed by atoms with E-state index in [2.05, 4.69) is 20.2 Å². The molecular formula is C20H26N4O3. The van der Waals surface area contributed by atoms with Crippen LogP contribution < -0.4 is 19.7 Å². The predicted molar refractivity (Wildman–Crippen MR) is 104 cm³/mol. The molecule has 0 spiro atoms. The van der Waals surface area contributed by atoms with E-state index in [9.17, 15) is 4.79 Å². The average molecular weight is 370 g/mol. The number of hydrogen-bond acceptors (Lipinski definition) is 6. The Morgan fingerprint density at radius 1 is 1.15 bits per heavy atom. The number of aryl methyl sites for hydroxylation is 1. The SMILES string of the molecule is COc1cccc(C(=O)NCc2nc(C)cc(N3CCCCC3)n2)c1OC. The van der Waals surface area contributed by atoms with Crippen molar-refractivity contribution in [2.75, 3.05) is 32.2 Å². The number of anilines is 1. The van der Waals surface area contributed by atoms with E-state index in [0.29, 0.717) is 22.9 Å². The molecule has 0 saturated carbocycles. The van der Waals surface area contributed by atoms with Crippen LogP contribution in [0.2, 0.25) is 0 Å². The van der Waals surface area contributed by atoms with Crippen molar-refractivity contribution < 1.29 is 14.3 Å². The van der Waals surface area contributed by atoms with Crippen molar-refractivity contribution >= 4 is 11.7 Å². The zero-order valence-electron chi connectivity index (χ0n) is 16.1. The highest BCUT2D eigenvalue weighted by molar-refractivity contribution is 5.97. The molecule has 2 heterocycles. The lowest BCUT2D eigenvalue weighted by molar-refractivity contribution is 0.0946. The van der Waals surface area contributed by atoms with Crippen molar-refractivity contribution in [3.05, 3.63) is 41.3 Å². The van der Waals surface area contributed by atoms with Crippen molar-refractivity contribution in [3.63, 3.8) is 0 Å². The third-order valence-corrected chi connectivity index (χ3v) is 4.62. The van der Waals surface area contributed by atoms with Crippen molar-refractivity contribution in [1.29, 1.82) is 0 Å². The fourth-order valence-corrected chi connectivity index (χ4v) is 3.30. The van der Waals surface area contributed by atoms with E-state index in [-0.39, 0.29) is 12.5 Å². The molecule has 1 amide bonds. The first-order valence-electron chi connectivity index (χ1n) is 9.21.